The number of nitrogens with one attached hydrogen (secondary N) is 1. The summed E-state index contributed by atoms with van der Waals surface area (Å²) in [6, 6.07) is 16.7. The highest BCUT2D eigenvalue weighted by atomic mass is 32.1. The van der Waals surface area contributed by atoms with Gasteiger partial charge in [-0.25, -0.2) is 4.98 Å². The van der Waals surface area contributed by atoms with Crippen molar-refractivity contribution in [2.45, 2.75) is 13.0 Å². The number of hydrogen-bond acceptors (Lipinski definition) is 9. The first-order valence-electron chi connectivity index (χ1n) is 9.54. The van der Waals surface area contributed by atoms with Crippen LogP contribution in [0.1, 0.15) is 20.5 Å². The van der Waals surface area contributed by atoms with Crippen molar-refractivity contribution >= 4 is 40.2 Å². The molecule has 0 unspecified atom stereocenters. The fraction of sp³-hybridized carbons (Fsp3) is 0.136. The molecule has 0 radical (unpaired) electrons. The number of methoxy groups -OCH3 is 1. The predicted octanol–water partition coefficient (Wildman–Crippen LogP) is 4.21. The van der Waals surface area contributed by atoms with Crippen molar-refractivity contribution in [3.05, 3.63) is 75.7 Å². The number of ether oxygens (including phenoxy) is 2. The smallest absolute Gasteiger partial charge is 0.312 e. The van der Waals surface area contributed by atoms with Gasteiger partial charge in [0.05, 0.1) is 19.2 Å². The third-order valence-corrected chi connectivity index (χ3v) is 6.10. The van der Waals surface area contributed by atoms with Crippen molar-refractivity contribution in [1.29, 1.82) is 0 Å². The fourth-order valence-electron chi connectivity index (χ4n) is 2.71. The second kappa shape index (κ2) is 10.1. The Morgan fingerprint density at radius 2 is 1.81 bits per heavy atom. The lowest BCUT2D eigenvalue weighted by Crippen LogP contribution is -2.11. The maximum absolute atomic E-state index is 12.3. The van der Waals surface area contributed by atoms with Gasteiger partial charge in [-0.2, -0.15) is 0 Å². The molecule has 0 aliphatic heterocycles. The lowest BCUT2D eigenvalue weighted by molar-refractivity contribution is -0.144. The molecule has 0 bridgehead atoms. The average molecular weight is 467 g/mol. The SMILES string of the molecule is COc1ccc(NC(=O)c2nnc(COC(=O)Cc3csc(-c4ccccc4)n3)s2)cc1. The summed E-state index contributed by atoms with van der Waals surface area (Å²) in [6.07, 6.45) is 0.0625. The van der Waals surface area contributed by atoms with E-state index in [1.165, 1.54) is 11.3 Å². The molecule has 0 atom stereocenters. The topological polar surface area (TPSA) is 103 Å². The van der Waals surface area contributed by atoms with E-state index in [1.54, 1.807) is 31.4 Å². The minimum absolute atomic E-state index is 0.0536. The second-order valence-corrected chi connectivity index (χ2v) is 8.45. The van der Waals surface area contributed by atoms with Crippen molar-refractivity contribution in [1.82, 2.24) is 15.2 Å². The van der Waals surface area contributed by atoms with Crippen molar-refractivity contribution in [3.8, 4) is 16.3 Å². The molecule has 0 fully saturated rings. The zero-order valence-corrected chi connectivity index (χ0v) is 18.6. The number of thiazole rings is 1. The van der Waals surface area contributed by atoms with Crippen molar-refractivity contribution in [2.75, 3.05) is 12.4 Å². The van der Waals surface area contributed by atoms with Crippen LogP contribution < -0.4 is 10.1 Å². The number of anilines is 1. The third kappa shape index (κ3) is 5.54. The molecular formula is C22H18N4O4S2. The van der Waals surface area contributed by atoms with Crippen molar-refractivity contribution in [3.63, 3.8) is 0 Å². The number of rotatable bonds is 8. The zero-order chi connectivity index (χ0) is 22.3. The van der Waals surface area contributed by atoms with Crippen LogP contribution in [-0.2, 0) is 22.6 Å². The summed E-state index contributed by atoms with van der Waals surface area (Å²) in [5, 5.41) is 13.8. The summed E-state index contributed by atoms with van der Waals surface area (Å²) >= 11 is 2.55. The van der Waals surface area contributed by atoms with E-state index in [9.17, 15) is 9.59 Å². The molecule has 0 aliphatic carbocycles. The molecule has 2 aromatic heterocycles. The van der Waals surface area contributed by atoms with Gasteiger partial charge < -0.3 is 14.8 Å². The maximum atomic E-state index is 12.3. The van der Waals surface area contributed by atoms with Crippen LogP contribution in [-0.4, -0.2) is 34.2 Å². The van der Waals surface area contributed by atoms with Gasteiger partial charge in [0, 0.05) is 16.6 Å². The Balaban J connectivity index is 1.27. The van der Waals surface area contributed by atoms with Gasteiger partial charge in [-0.1, -0.05) is 41.7 Å². The minimum Gasteiger partial charge on any atom is -0.497 e. The van der Waals surface area contributed by atoms with Gasteiger partial charge in [-0.15, -0.1) is 21.5 Å². The van der Waals surface area contributed by atoms with Gasteiger partial charge in [0.25, 0.3) is 5.91 Å². The van der Waals surface area contributed by atoms with E-state index in [-0.39, 0.29) is 23.9 Å². The molecule has 10 heteroatoms. The summed E-state index contributed by atoms with van der Waals surface area (Å²) < 4.78 is 10.4. The molecule has 32 heavy (non-hydrogen) atoms. The minimum atomic E-state index is -0.422. The Labute approximate surface area is 191 Å². The van der Waals surface area contributed by atoms with Gasteiger partial charge in [0.15, 0.2) is 5.01 Å². The van der Waals surface area contributed by atoms with Crippen molar-refractivity contribution in [2.24, 2.45) is 0 Å². The first kappa shape index (κ1) is 21.6. The molecule has 2 heterocycles. The van der Waals surface area contributed by atoms with E-state index in [0.29, 0.717) is 22.1 Å². The number of benzene rings is 2. The quantitative estimate of drug-likeness (QED) is 0.388. The van der Waals surface area contributed by atoms with E-state index in [4.69, 9.17) is 9.47 Å². The van der Waals surface area contributed by atoms with E-state index in [0.717, 1.165) is 21.9 Å². The molecule has 0 spiro atoms. The van der Waals surface area contributed by atoms with Crippen LogP contribution in [0.4, 0.5) is 5.69 Å². The van der Waals surface area contributed by atoms with E-state index in [1.807, 2.05) is 35.7 Å². The average Bonchev–Trinajstić information content (AvgIpc) is 3.49. The Morgan fingerprint density at radius 1 is 1.03 bits per heavy atom. The van der Waals surface area contributed by atoms with Gasteiger partial charge in [0.1, 0.15) is 17.4 Å². The highest BCUT2D eigenvalue weighted by Crippen LogP contribution is 2.23. The van der Waals surface area contributed by atoms with Crippen LogP contribution in [0.3, 0.4) is 0 Å². The first-order valence-corrected chi connectivity index (χ1v) is 11.2. The molecular weight excluding hydrogens is 448 g/mol. The molecule has 0 saturated heterocycles. The number of carbonyl (C=O) groups excluding carboxylic acids is 2. The number of carbonyl (C=O) groups is 2. The molecule has 1 N–H and O–H groups in total. The van der Waals surface area contributed by atoms with Crippen LogP contribution >= 0.6 is 22.7 Å². The molecule has 8 nitrogen and oxygen atoms in total. The number of aromatic nitrogens is 3. The van der Waals surface area contributed by atoms with Gasteiger partial charge in [-0.3, -0.25) is 9.59 Å². The number of esters is 1. The normalized spacial score (nSPS) is 10.5. The summed E-state index contributed by atoms with van der Waals surface area (Å²) in [7, 11) is 1.57. The van der Waals surface area contributed by atoms with Gasteiger partial charge in [-0.05, 0) is 24.3 Å². The number of hydrogen-bond donors (Lipinski definition) is 1. The Hall–Kier alpha value is -3.63. The third-order valence-electron chi connectivity index (χ3n) is 4.26. The first-order chi connectivity index (χ1) is 15.6. The molecule has 1 amide bonds. The Kier molecular flexibility index (Phi) is 6.83. The van der Waals surface area contributed by atoms with Gasteiger partial charge >= 0.3 is 5.97 Å². The number of amides is 1. The van der Waals surface area contributed by atoms with Crippen LogP contribution in [0.2, 0.25) is 0 Å². The largest absolute Gasteiger partial charge is 0.497 e. The summed E-state index contributed by atoms with van der Waals surface area (Å²) in [6.45, 7) is -0.0536. The van der Waals surface area contributed by atoms with Gasteiger partial charge in [0.2, 0.25) is 5.01 Å². The lowest BCUT2D eigenvalue weighted by atomic mass is 10.2. The Bertz CT molecular complexity index is 1210. The van der Waals surface area contributed by atoms with E-state index < -0.39 is 5.97 Å². The van der Waals surface area contributed by atoms with Crippen LogP contribution in [0.25, 0.3) is 10.6 Å². The summed E-state index contributed by atoms with van der Waals surface area (Å²) in [5.74, 6) is -0.118. The molecule has 162 valence electrons. The summed E-state index contributed by atoms with van der Waals surface area (Å²) in [4.78, 5) is 29.0. The highest BCUT2D eigenvalue weighted by Gasteiger charge is 2.15. The van der Waals surface area contributed by atoms with E-state index in [2.05, 4.69) is 20.5 Å². The fourth-order valence-corrected chi connectivity index (χ4v) is 4.18. The molecule has 4 rings (SSSR count). The van der Waals surface area contributed by atoms with Crippen LogP contribution in [0.15, 0.2) is 60.0 Å². The lowest BCUT2D eigenvalue weighted by Gasteiger charge is -2.04. The monoisotopic (exact) mass is 466 g/mol. The second-order valence-electron chi connectivity index (χ2n) is 6.53. The summed E-state index contributed by atoms with van der Waals surface area (Å²) in [5.41, 5.74) is 2.26. The highest BCUT2D eigenvalue weighted by molar-refractivity contribution is 7.13. The number of nitrogens with zero attached hydrogens (tertiary/aromatic N) is 3. The molecule has 2 aromatic carbocycles. The standard InChI is InChI=1S/C22H18N4O4S2/c1-29-17-9-7-15(8-10-17)23-20(28)22-26-25-18(32-22)12-30-19(27)11-16-13-31-21(24-16)14-5-3-2-4-6-14/h2-10,13H,11-12H2,1H3,(H,23,28). The van der Waals surface area contributed by atoms with Crippen LogP contribution in [0.5, 0.6) is 5.75 Å². The molecule has 4 aromatic rings. The molecule has 0 saturated carbocycles. The predicted molar refractivity (Wildman–Crippen MR) is 122 cm³/mol. The maximum Gasteiger partial charge on any atom is 0.312 e. The van der Waals surface area contributed by atoms with Crippen LogP contribution in [0, 0.1) is 0 Å². The zero-order valence-electron chi connectivity index (χ0n) is 17.0. The van der Waals surface area contributed by atoms with E-state index >= 15 is 0 Å². The van der Waals surface area contributed by atoms with Crippen molar-refractivity contribution < 1.29 is 19.1 Å². The Morgan fingerprint density at radius 3 is 2.56 bits per heavy atom. The molecule has 0 aliphatic rings.